The van der Waals surface area contributed by atoms with Gasteiger partial charge in [0.05, 0.1) is 17.7 Å². The van der Waals surface area contributed by atoms with Crippen LogP contribution >= 0.6 is 0 Å². The number of esters is 1. The number of amides is 3. The number of urea groups is 1. The fraction of sp³-hybridized carbons (Fsp3) is 0.303. The summed E-state index contributed by atoms with van der Waals surface area (Å²) in [6.45, 7) is 8.03. The molecule has 1 unspecified atom stereocenters. The number of hydrogen-bond donors (Lipinski definition) is 1. The second kappa shape index (κ2) is 13.2. The summed E-state index contributed by atoms with van der Waals surface area (Å²) >= 11 is 0. The van der Waals surface area contributed by atoms with E-state index in [9.17, 15) is 14.4 Å². The first-order chi connectivity index (χ1) is 19.6. The fourth-order valence-corrected chi connectivity index (χ4v) is 4.83. The van der Waals surface area contributed by atoms with Crippen LogP contribution in [0.3, 0.4) is 0 Å². The minimum Gasteiger partial charge on any atom is -0.459 e. The standard InChI is InChI=1S/C33H37N3O5/c1-22(2)40-32(38)29-24(4)34-33(39)36(30(29)26-12-9-11-23(3)21-26)20-10-19-35(5)31(37)25-15-17-28(18-16-25)41-27-13-7-6-8-14-27/h6-9,11-18,21-22,30H,10,19-20H2,1-5H3,(H,34,39). The van der Waals surface area contributed by atoms with Gasteiger partial charge in [0.2, 0.25) is 0 Å². The number of carbonyl (C=O) groups excluding carboxylic acids is 3. The first-order valence-corrected chi connectivity index (χ1v) is 13.8. The van der Waals surface area contributed by atoms with Crippen molar-refractivity contribution >= 4 is 17.9 Å². The zero-order valence-corrected chi connectivity index (χ0v) is 24.2. The lowest BCUT2D eigenvalue weighted by Crippen LogP contribution is -2.49. The monoisotopic (exact) mass is 555 g/mol. The van der Waals surface area contributed by atoms with Gasteiger partial charge < -0.3 is 24.6 Å². The highest BCUT2D eigenvalue weighted by atomic mass is 16.5. The summed E-state index contributed by atoms with van der Waals surface area (Å²) < 4.78 is 11.4. The molecule has 0 radical (unpaired) electrons. The molecule has 4 rings (SSSR count). The molecule has 214 valence electrons. The lowest BCUT2D eigenvalue weighted by atomic mass is 9.92. The van der Waals surface area contributed by atoms with Crippen LogP contribution in [-0.2, 0) is 9.53 Å². The molecule has 0 aliphatic carbocycles. The van der Waals surface area contributed by atoms with Crippen LogP contribution in [0.4, 0.5) is 4.79 Å². The van der Waals surface area contributed by atoms with Crippen molar-refractivity contribution in [3.05, 3.63) is 107 Å². The van der Waals surface area contributed by atoms with Crippen LogP contribution in [-0.4, -0.2) is 53.9 Å². The number of carbonyl (C=O) groups is 3. The molecule has 0 saturated carbocycles. The Labute approximate surface area is 241 Å². The molecule has 3 aromatic rings. The Hall–Kier alpha value is -4.59. The van der Waals surface area contributed by atoms with E-state index in [1.54, 1.807) is 61.9 Å². The van der Waals surface area contributed by atoms with Gasteiger partial charge in [-0.25, -0.2) is 9.59 Å². The Morgan fingerprint density at radius 3 is 2.29 bits per heavy atom. The van der Waals surface area contributed by atoms with Crippen molar-refractivity contribution in [3.63, 3.8) is 0 Å². The van der Waals surface area contributed by atoms with Crippen LogP contribution in [0.1, 0.15) is 54.7 Å². The molecule has 0 spiro atoms. The van der Waals surface area contributed by atoms with Crippen molar-refractivity contribution in [2.24, 2.45) is 0 Å². The molecular formula is C33H37N3O5. The van der Waals surface area contributed by atoms with Crippen LogP contribution in [0.5, 0.6) is 11.5 Å². The maximum Gasteiger partial charge on any atom is 0.338 e. The van der Waals surface area contributed by atoms with Crippen LogP contribution in [0.2, 0.25) is 0 Å². The number of para-hydroxylation sites is 1. The van der Waals surface area contributed by atoms with Crippen LogP contribution in [0, 0.1) is 6.92 Å². The lowest BCUT2D eigenvalue weighted by Gasteiger charge is -2.38. The van der Waals surface area contributed by atoms with Crippen LogP contribution in [0.15, 0.2) is 90.1 Å². The quantitative estimate of drug-likeness (QED) is 0.299. The second-order valence-electron chi connectivity index (χ2n) is 10.5. The Morgan fingerprint density at radius 2 is 1.63 bits per heavy atom. The highest BCUT2D eigenvalue weighted by molar-refractivity contribution is 5.95. The molecule has 0 aromatic heterocycles. The van der Waals surface area contributed by atoms with E-state index in [0.29, 0.717) is 42.1 Å². The van der Waals surface area contributed by atoms with E-state index >= 15 is 0 Å². The molecule has 1 N–H and O–H groups in total. The lowest BCUT2D eigenvalue weighted by molar-refractivity contribution is -0.143. The predicted octanol–water partition coefficient (Wildman–Crippen LogP) is 6.24. The molecule has 1 atom stereocenters. The average molecular weight is 556 g/mol. The first kappa shape index (κ1) is 29.4. The smallest absolute Gasteiger partial charge is 0.338 e. The molecule has 8 heteroatoms. The zero-order chi connectivity index (χ0) is 29.5. The summed E-state index contributed by atoms with van der Waals surface area (Å²) in [5, 5.41) is 2.83. The van der Waals surface area contributed by atoms with Crippen LogP contribution in [0.25, 0.3) is 0 Å². The van der Waals surface area contributed by atoms with Gasteiger partial charge in [-0.15, -0.1) is 0 Å². The SMILES string of the molecule is CC1=C(C(=O)OC(C)C)C(c2cccc(C)c2)N(CCCN(C)C(=O)c2ccc(Oc3ccccc3)cc2)C(=O)N1. The molecule has 3 amide bonds. The molecule has 1 heterocycles. The van der Waals surface area contributed by atoms with Gasteiger partial charge in [-0.3, -0.25) is 4.79 Å². The summed E-state index contributed by atoms with van der Waals surface area (Å²) in [6, 6.07) is 23.4. The van der Waals surface area contributed by atoms with Crippen molar-refractivity contribution < 1.29 is 23.9 Å². The zero-order valence-electron chi connectivity index (χ0n) is 24.2. The number of nitrogens with one attached hydrogen (secondary N) is 1. The number of nitrogens with zero attached hydrogens (tertiary/aromatic N) is 2. The van der Waals surface area contributed by atoms with E-state index in [1.807, 2.05) is 61.5 Å². The third-order valence-corrected chi connectivity index (χ3v) is 6.78. The molecule has 0 saturated heterocycles. The molecule has 1 aliphatic rings. The van der Waals surface area contributed by atoms with E-state index in [0.717, 1.165) is 16.9 Å². The van der Waals surface area contributed by atoms with Gasteiger partial charge >= 0.3 is 12.0 Å². The van der Waals surface area contributed by atoms with Gasteiger partial charge in [-0.2, -0.15) is 0 Å². The Kier molecular flexibility index (Phi) is 9.45. The normalized spacial score (nSPS) is 15.0. The molecule has 0 bridgehead atoms. The highest BCUT2D eigenvalue weighted by Gasteiger charge is 2.38. The third-order valence-electron chi connectivity index (χ3n) is 6.78. The van der Waals surface area contributed by atoms with Crippen molar-refractivity contribution in [1.29, 1.82) is 0 Å². The average Bonchev–Trinajstić information content (AvgIpc) is 2.94. The number of rotatable bonds is 10. The second-order valence-corrected chi connectivity index (χ2v) is 10.5. The van der Waals surface area contributed by atoms with Crippen molar-refractivity contribution in [1.82, 2.24) is 15.1 Å². The molecule has 41 heavy (non-hydrogen) atoms. The van der Waals surface area contributed by atoms with E-state index in [4.69, 9.17) is 9.47 Å². The van der Waals surface area contributed by atoms with Crippen LogP contribution < -0.4 is 10.1 Å². The van der Waals surface area contributed by atoms with Gasteiger partial charge in [0.25, 0.3) is 5.91 Å². The summed E-state index contributed by atoms with van der Waals surface area (Å²) in [5.74, 6) is 0.774. The maximum absolute atomic E-state index is 13.2. The highest BCUT2D eigenvalue weighted by Crippen LogP contribution is 2.35. The molecular weight excluding hydrogens is 518 g/mol. The number of allylic oxidation sites excluding steroid dienone is 1. The summed E-state index contributed by atoms with van der Waals surface area (Å²) in [6.07, 6.45) is 0.212. The van der Waals surface area contributed by atoms with E-state index < -0.39 is 12.0 Å². The minimum atomic E-state index is -0.604. The Balaban J connectivity index is 1.45. The van der Waals surface area contributed by atoms with Gasteiger partial charge in [0.1, 0.15) is 11.5 Å². The summed E-state index contributed by atoms with van der Waals surface area (Å²) in [5.41, 5.74) is 3.28. The maximum atomic E-state index is 13.2. The largest absolute Gasteiger partial charge is 0.459 e. The molecule has 1 aliphatic heterocycles. The first-order valence-electron chi connectivity index (χ1n) is 13.8. The fourth-order valence-electron chi connectivity index (χ4n) is 4.83. The number of hydrogen-bond acceptors (Lipinski definition) is 5. The third kappa shape index (κ3) is 7.33. The summed E-state index contributed by atoms with van der Waals surface area (Å²) in [4.78, 5) is 42.7. The number of aryl methyl sites for hydroxylation is 1. The molecule has 8 nitrogen and oxygen atoms in total. The van der Waals surface area contributed by atoms with Crippen molar-refractivity contribution in [2.45, 2.75) is 46.3 Å². The van der Waals surface area contributed by atoms with Gasteiger partial charge in [0, 0.05) is 31.4 Å². The molecule has 3 aromatic carbocycles. The summed E-state index contributed by atoms with van der Waals surface area (Å²) in [7, 11) is 1.74. The number of benzene rings is 3. The van der Waals surface area contributed by atoms with Crippen molar-refractivity contribution in [2.75, 3.05) is 20.1 Å². The van der Waals surface area contributed by atoms with E-state index in [-0.39, 0.29) is 18.0 Å². The Bertz CT molecular complexity index is 1420. The van der Waals surface area contributed by atoms with Gasteiger partial charge in [-0.1, -0.05) is 48.0 Å². The predicted molar refractivity (Wildman–Crippen MR) is 158 cm³/mol. The van der Waals surface area contributed by atoms with Gasteiger partial charge in [-0.05, 0) is 76.1 Å². The van der Waals surface area contributed by atoms with E-state index in [1.165, 1.54) is 0 Å². The topological polar surface area (TPSA) is 88.2 Å². The number of ether oxygens (including phenoxy) is 2. The molecule has 0 fully saturated rings. The van der Waals surface area contributed by atoms with Gasteiger partial charge in [0.15, 0.2) is 0 Å². The Morgan fingerprint density at radius 1 is 0.951 bits per heavy atom. The van der Waals surface area contributed by atoms with E-state index in [2.05, 4.69) is 5.32 Å². The van der Waals surface area contributed by atoms with Crippen molar-refractivity contribution in [3.8, 4) is 11.5 Å². The minimum absolute atomic E-state index is 0.133.